The van der Waals surface area contributed by atoms with Gasteiger partial charge in [-0.25, -0.2) is 0 Å². The van der Waals surface area contributed by atoms with Crippen LogP contribution < -0.4 is 5.32 Å². The Morgan fingerprint density at radius 1 is 1.47 bits per heavy atom. The van der Waals surface area contributed by atoms with Crippen LogP contribution in [0.5, 0.6) is 0 Å². The highest BCUT2D eigenvalue weighted by molar-refractivity contribution is 6.31. The van der Waals surface area contributed by atoms with Crippen LogP contribution in [-0.4, -0.2) is 15.1 Å². The number of rotatable bonds is 5. The Balaban J connectivity index is 1.94. The normalized spacial score (nSPS) is 10.6. The second-order valence-corrected chi connectivity index (χ2v) is 4.27. The predicted octanol–water partition coefficient (Wildman–Crippen LogP) is 2.23. The minimum Gasteiger partial charge on any atom is -0.340 e. The molecule has 0 aliphatic carbocycles. The van der Waals surface area contributed by atoms with E-state index in [1.165, 1.54) is 12.1 Å². The number of nitro benzene ring substituents is 1. The number of hydrogen-bond acceptors (Lipinski definition) is 6. The molecule has 1 heterocycles. The van der Waals surface area contributed by atoms with Crippen molar-refractivity contribution in [3.05, 3.63) is 50.6 Å². The molecule has 0 aliphatic rings. The van der Waals surface area contributed by atoms with Crippen LogP contribution in [0.2, 0.25) is 5.02 Å². The molecule has 2 aromatic rings. The van der Waals surface area contributed by atoms with E-state index >= 15 is 0 Å². The lowest BCUT2D eigenvalue weighted by atomic mass is 10.2. The molecule has 0 saturated carbocycles. The van der Waals surface area contributed by atoms with Crippen molar-refractivity contribution in [2.24, 2.45) is 0 Å². The van der Waals surface area contributed by atoms with Gasteiger partial charge in [-0.2, -0.15) is 4.98 Å². The van der Waals surface area contributed by atoms with Crippen LogP contribution in [0.3, 0.4) is 0 Å². The molecule has 0 fully saturated rings. The van der Waals surface area contributed by atoms with Gasteiger partial charge in [0.25, 0.3) is 5.69 Å². The van der Waals surface area contributed by atoms with Crippen LogP contribution in [0.1, 0.15) is 17.3 Å². The molecule has 100 valence electrons. The van der Waals surface area contributed by atoms with Crippen molar-refractivity contribution in [1.29, 1.82) is 0 Å². The van der Waals surface area contributed by atoms with E-state index in [1.807, 2.05) is 0 Å². The first-order valence-electron chi connectivity index (χ1n) is 5.49. The predicted molar refractivity (Wildman–Crippen MR) is 67.7 cm³/mol. The summed E-state index contributed by atoms with van der Waals surface area (Å²) in [7, 11) is 0. The van der Waals surface area contributed by atoms with Crippen molar-refractivity contribution in [1.82, 2.24) is 15.5 Å². The maximum atomic E-state index is 10.6. The first-order valence-corrected chi connectivity index (χ1v) is 5.87. The van der Waals surface area contributed by atoms with E-state index in [0.29, 0.717) is 29.8 Å². The Hall–Kier alpha value is -1.99. The zero-order valence-corrected chi connectivity index (χ0v) is 10.8. The molecular formula is C11H11ClN4O3. The van der Waals surface area contributed by atoms with Gasteiger partial charge in [0, 0.05) is 25.6 Å². The molecule has 19 heavy (non-hydrogen) atoms. The van der Waals surface area contributed by atoms with Gasteiger partial charge in [0.1, 0.15) is 0 Å². The van der Waals surface area contributed by atoms with Crippen LogP contribution >= 0.6 is 11.6 Å². The lowest BCUT2D eigenvalue weighted by Gasteiger charge is -2.04. The standard InChI is InChI=1S/C11H11ClN4O3/c1-7-14-11(15-19-7)6-13-5-8-2-3-9(16(17)18)4-10(8)12/h2-4,13H,5-6H2,1H3. The number of halogens is 1. The van der Waals surface area contributed by atoms with Gasteiger partial charge in [-0.3, -0.25) is 10.1 Å². The number of nitro groups is 1. The van der Waals surface area contributed by atoms with Gasteiger partial charge >= 0.3 is 0 Å². The number of non-ortho nitro benzene ring substituents is 1. The number of aromatic nitrogens is 2. The third-order valence-corrected chi connectivity index (χ3v) is 2.77. The molecule has 0 saturated heterocycles. The molecule has 1 N–H and O–H groups in total. The minimum atomic E-state index is -0.481. The summed E-state index contributed by atoms with van der Waals surface area (Å²) in [4.78, 5) is 14.1. The van der Waals surface area contributed by atoms with Gasteiger partial charge in [0.2, 0.25) is 5.89 Å². The van der Waals surface area contributed by atoms with Gasteiger partial charge in [-0.15, -0.1) is 0 Å². The zero-order chi connectivity index (χ0) is 13.8. The number of nitrogens with zero attached hydrogens (tertiary/aromatic N) is 3. The smallest absolute Gasteiger partial charge is 0.270 e. The first kappa shape index (κ1) is 13.4. The average Bonchev–Trinajstić information content (AvgIpc) is 2.77. The molecule has 0 bridgehead atoms. The van der Waals surface area contributed by atoms with E-state index in [4.69, 9.17) is 16.1 Å². The van der Waals surface area contributed by atoms with Gasteiger partial charge in [-0.1, -0.05) is 16.8 Å². The summed E-state index contributed by atoms with van der Waals surface area (Å²) in [6, 6.07) is 4.37. The Labute approximate surface area is 113 Å². The highest BCUT2D eigenvalue weighted by atomic mass is 35.5. The fraction of sp³-hybridized carbons (Fsp3) is 0.273. The van der Waals surface area contributed by atoms with Crippen molar-refractivity contribution in [3.8, 4) is 0 Å². The molecular weight excluding hydrogens is 272 g/mol. The topological polar surface area (TPSA) is 94.1 Å². The number of aryl methyl sites for hydroxylation is 1. The van der Waals surface area contributed by atoms with E-state index in [2.05, 4.69) is 15.5 Å². The maximum Gasteiger partial charge on any atom is 0.270 e. The summed E-state index contributed by atoms with van der Waals surface area (Å²) in [6.07, 6.45) is 0. The number of benzene rings is 1. The number of hydrogen-bond donors (Lipinski definition) is 1. The van der Waals surface area contributed by atoms with Gasteiger partial charge < -0.3 is 9.84 Å². The van der Waals surface area contributed by atoms with Crippen LogP contribution in [-0.2, 0) is 13.1 Å². The molecule has 0 aliphatic heterocycles. The van der Waals surface area contributed by atoms with Gasteiger partial charge in [-0.05, 0) is 11.6 Å². The fourth-order valence-corrected chi connectivity index (χ4v) is 1.76. The van der Waals surface area contributed by atoms with Gasteiger partial charge in [0.15, 0.2) is 5.82 Å². The molecule has 0 atom stereocenters. The molecule has 0 radical (unpaired) electrons. The molecule has 0 unspecified atom stereocenters. The molecule has 0 amide bonds. The summed E-state index contributed by atoms with van der Waals surface area (Å²) in [5.74, 6) is 1.06. The largest absolute Gasteiger partial charge is 0.340 e. The summed E-state index contributed by atoms with van der Waals surface area (Å²) in [5, 5.41) is 17.7. The SMILES string of the molecule is Cc1nc(CNCc2ccc([N+](=O)[O-])cc2Cl)no1. The lowest BCUT2D eigenvalue weighted by Crippen LogP contribution is -2.14. The molecule has 0 spiro atoms. The quantitative estimate of drug-likeness (QED) is 0.667. The zero-order valence-electron chi connectivity index (χ0n) is 10.1. The number of nitrogens with one attached hydrogen (secondary N) is 1. The Bertz CT molecular complexity index is 599. The van der Waals surface area contributed by atoms with Crippen LogP contribution in [0.4, 0.5) is 5.69 Å². The van der Waals surface area contributed by atoms with E-state index < -0.39 is 4.92 Å². The molecule has 2 rings (SSSR count). The second kappa shape index (κ2) is 5.77. The van der Waals surface area contributed by atoms with E-state index in [-0.39, 0.29) is 5.69 Å². The van der Waals surface area contributed by atoms with Crippen molar-refractivity contribution < 1.29 is 9.45 Å². The van der Waals surface area contributed by atoms with E-state index in [1.54, 1.807) is 13.0 Å². The van der Waals surface area contributed by atoms with Crippen LogP contribution in [0, 0.1) is 17.0 Å². The summed E-state index contributed by atoms with van der Waals surface area (Å²) >= 11 is 5.97. The maximum absolute atomic E-state index is 10.6. The Morgan fingerprint density at radius 2 is 2.26 bits per heavy atom. The minimum absolute atomic E-state index is 0.0254. The third kappa shape index (κ3) is 3.49. The fourth-order valence-electron chi connectivity index (χ4n) is 1.52. The lowest BCUT2D eigenvalue weighted by molar-refractivity contribution is -0.384. The van der Waals surface area contributed by atoms with Gasteiger partial charge in [0.05, 0.1) is 16.5 Å². The monoisotopic (exact) mass is 282 g/mol. The van der Waals surface area contributed by atoms with Crippen LogP contribution in [0.15, 0.2) is 22.7 Å². The highest BCUT2D eigenvalue weighted by Gasteiger charge is 2.09. The van der Waals surface area contributed by atoms with Crippen molar-refractivity contribution in [3.63, 3.8) is 0 Å². The molecule has 1 aromatic carbocycles. The Kier molecular flexibility index (Phi) is 4.08. The van der Waals surface area contributed by atoms with Crippen molar-refractivity contribution >= 4 is 17.3 Å². The summed E-state index contributed by atoms with van der Waals surface area (Å²) < 4.78 is 4.83. The highest BCUT2D eigenvalue weighted by Crippen LogP contribution is 2.22. The van der Waals surface area contributed by atoms with E-state index in [0.717, 1.165) is 5.56 Å². The third-order valence-electron chi connectivity index (χ3n) is 2.42. The van der Waals surface area contributed by atoms with E-state index in [9.17, 15) is 10.1 Å². The average molecular weight is 283 g/mol. The summed E-state index contributed by atoms with van der Waals surface area (Å²) in [5.41, 5.74) is 0.745. The Morgan fingerprint density at radius 3 is 2.84 bits per heavy atom. The molecule has 7 nitrogen and oxygen atoms in total. The molecule has 1 aromatic heterocycles. The van der Waals surface area contributed by atoms with Crippen LogP contribution in [0.25, 0.3) is 0 Å². The first-order chi connectivity index (χ1) is 9.06. The van der Waals surface area contributed by atoms with Crippen molar-refractivity contribution in [2.75, 3.05) is 0 Å². The van der Waals surface area contributed by atoms with Crippen molar-refractivity contribution in [2.45, 2.75) is 20.0 Å². The second-order valence-electron chi connectivity index (χ2n) is 3.87. The summed E-state index contributed by atoms with van der Waals surface area (Å²) in [6.45, 7) is 2.61. The molecule has 8 heteroatoms.